The zero-order valence-electron chi connectivity index (χ0n) is 20.4. The predicted octanol–water partition coefficient (Wildman–Crippen LogP) is 5.26. The summed E-state index contributed by atoms with van der Waals surface area (Å²) >= 11 is 11.9. The molecule has 0 aromatic heterocycles. The van der Waals surface area contributed by atoms with Crippen LogP contribution in [0.4, 0.5) is 11.4 Å². The van der Waals surface area contributed by atoms with E-state index >= 15 is 0 Å². The predicted molar refractivity (Wildman–Crippen MR) is 147 cm³/mol. The molecule has 0 atom stereocenters. The van der Waals surface area contributed by atoms with E-state index in [-0.39, 0.29) is 18.0 Å². The molecule has 0 radical (unpaired) electrons. The first-order valence-electron chi connectivity index (χ1n) is 11.5. The van der Waals surface area contributed by atoms with Crippen LogP contribution in [-0.4, -0.2) is 66.9 Å². The molecule has 0 amide bonds. The number of nitrogens with one attached hydrogen (secondary N) is 1. The number of para-hydroxylation sites is 2. The van der Waals surface area contributed by atoms with E-state index in [1.54, 1.807) is 42.5 Å². The van der Waals surface area contributed by atoms with Gasteiger partial charge in [0.15, 0.2) is 0 Å². The minimum atomic E-state index is -3.87. The van der Waals surface area contributed by atoms with Crippen molar-refractivity contribution in [1.29, 1.82) is 0 Å². The first kappa shape index (κ1) is 28.1. The summed E-state index contributed by atoms with van der Waals surface area (Å²) in [6.45, 7) is 2.49. The van der Waals surface area contributed by atoms with Crippen LogP contribution in [0.1, 0.15) is 0 Å². The van der Waals surface area contributed by atoms with Crippen LogP contribution >= 0.6 is 23.2 Å². The van der Waals surface area contributed by atoms with E-state index in [0.29, 0.717) is 46.9 Å². The van der Waals surface area contributed by atoms with E-state index in [4.69, 9.17) is 32.7 Å². The fourth-order valence-electron chi connectivity index (χ4n) is 3.33. The summed E-state index contributed by atoms with van der Waals surface area (Å²) in [4.78, 5) is 2.16. The maximum atomic E-state index is 13.7. The highest BCUT2D eigenvalue weighted by atomic mass is 35.5. The number of ether oxygens (including phenoxy) is 2. The number of sulfonamides is 1. The molecule has 1 N–H and O–H groups in total. The van der Waals surface area contributed by atoms with Gasteiger partial charge in [0.1, 0.15) is 12.4 Å². The van der Waals surface area contributed by atoms with Gasteiger partial charge in [-0.1, -0.05) is 35.3 Å². The van der Waals surface area contributed by atoms with Gasteiger partial charge < -0.3 is 19.7 Å². The van der Waals surface area contributed by atoms with Gasteiger partial charge in [0.2, 0.25) is 0 Å². The Morgan fingerprint density at radius 1 is 0.806 bits per heavy atom. The molecule has 36 heavy (non-hydrogen) atoms. The third-order valence-corrected chi connectivity index (χ3v) is 7.53. The number of benzene rings is 3. The first-order chi connectivity index (χ1) is 17.3. The van der Waals surface area contributed by atoms with E-state index in [0.717, 1.165) is 6.54 Å². The van der Waals surface area contributed by atoms with E-state index in [1.807, 2.05) is 37.2 Å². The number of likely N-dealkylation sites (N-methyl/N-ethyl adjacent to an activating group) is 1. The summed E-state index contributed by atoms with van der Waals surface area (Å²) < 4.78 is 40.2. The van der Waals surface area contributed by atoms with E-state index < -0.39 is 10.0 Å². The maximum absolute atomic E-state index is 13.7. The number of hydrogen-bond acceptors (Lipinski definition) is 6. The highest BCUT2D eigenvalue weighted by Gasteiger charge is 2.26. The molecule has 0 unspecified atom stereocenters. The average molecular weight is 553 g/mol. The highest BCUT2D eigenvalue weighted by molar-refractivity contribution is 7.92. The quantitative estimate of drug-likeness (QED) is 0.275. The Morgan fingerprint density at radius 3 is 2.08 bits per heavy atom. The molecule has 3 rings (SSSR count). The van der Waals surface area contributed by atoms with Crippen LogP contribution in [0.15, 0.2) is 77.7 Å². The molecular formula is C26H31Cl2N3O4S. The van der Waals surface area contributed by atoms with Crippen molar-refractivity contribution in [2.75, 3.05) is 63.2 Å². The Kier molecular flexibility index (Phi) is 10.7. The van der Waals surface area contributed by atoms with Crippen molar-refractivity contribution in [2.45, 2.75) is 4.90 Å². The number of nitrogens with zero attached hydrogens (tertiary/aromatic N) is 2. The SMILES string of the molecule is CN(C)CCOCCN(c1ccccc1NCCOc1ccc(Cl)cc1)S(=O)(=O)c1ccc(Cl)cc1. The second-order valence-corrected chi connectivity index (χ2v) is 10.9. The van der Waals surface area contributed by atoms with E-state index in [9.17, 15) is 8.42 Å². The Balaban J connectivity index is 1.76. The van der Waals surface area contributed by atoms with Gasteiger partial charge in [0, 0.05) is 23.1 Å². The van der Waals surface area contributed by atoms with Crippen molar-refractivity contribution in [3.05, 3.63) is 82.8 Å². The van der Waals surface area contributed by atoms with Crippen LogP contribution in [-0.2, 0) is 14.8 Å². The van der Waals surface area contributed by atoms with Crippen LogP contribution in [0.5, 0.6) is 5.75 Å². The van der Waals surface area contributed by atoms with Crippen LogP contribution < -0.4 is 14.4 Å². The summed E-state index contributed by atoms with van der Waals surface area (Å²) in [5.41, 5.74) is 1.19. The zero-order chi connectivity index (χ0) is 26.0. The van der Waals surface area contributed by atoms with Gasteiger partial charge in [-0.25, -0.2) is 8.42 Å². The minimum absolute atomic E-state index is 0.151. The second-order valence-electron chi connectivity index (χ2n) is 8.19. The Bertz CT molecular complexity index is 1190. The molecule has 0 fully saturated rings. The van der Waals surface area contributed by atoms with Crippen molar-refractivity contribution in [1.82, 2.24) is 4.90 Å². The van der Waals surface area contributed by atoms with Gasteiger partial charge >= 0.3 is 0 Å². The van der Waals surface area contributed by atoms with Gasteiger partial charge in [0.25, 0.3) is 10.0 Å². The Morgan fingerprint density at radius 2 is 1.42 bits per heavy atom. The van der Waals surface area contributed by atoms with Gasteiger partial charge in [-0.15, -0.1) is 0 Å². The summed E-state index contributed by atoms with van der Waals surface area (Å²) in [5.74, 6) is 0.705. The van der Waals surface area contributed by atoms with Crippen LogP contribution in [0.25, 0.3) is 0 Å². The van der Waals surface area contributed by atoms with Gasteiger partial charge in [-0.2, -0.15) is 0 Å². The maximum Gasteiger partial charge on any atom is 0.264 e. The lowest BCUT2D eigenvalue weighted by Crippen LogP contribution is -2.35. The third-order valence-electron chi connectivity index (χ3n) is 5.20. The number of rotatable bonds is 14. The molecule has 194 valence electrons. The molecule has 0 saturated carbocycles. The third kappa shape index (κ3) is 8.28. The molecule has 0 aliphatic rings. The highest BCUT2D eigenvalue weighted by Crippen LogP contribution is 2.31. The molecule has 0 aliphatic carbocycles. The molecule has 7 nitrogen and oxygen atoms in total. The fraction of sp³-hybridized carbons (Fsp3) is 0.308. The van der Waals surface area contributed by atoms with Gasteiger partial charge in [-0.05, 0) is 74.8 Å². The molecular weight excluding hydrogens is 521 g/mol. The lowest BCUT2D eigenvalue weighted by atomic mass is 10.2. The fourth-order valence-corrected chi connectivity index (χ4v) is 5.05. The standard InChI is InChI=1S/C26H31Cl2N3O4S/c1-30(2)16-19-34-20-17-31(36(32,33)24-13-9-22(28)10-14-24)26-6-4-3-5-25(26)29-15-18-35-23-11-7-21(27)8-12-23/h3-14,29H,15-20H2,1-2H3. The molecule has 0 saturated heterocycles. The summed E-state index contributed by atoms with van der Waals surface area (Å²) in [5, 5.41) is 4.41. The zero-order valence-corrected chi connectivity index (χ0v) is 22.7. The van der Waals surface area contributed by atoms with Crippen molar-refractivity contribution < 1.29 is 17.9 Å². The van der Waals surface area contributed by atoms with Gasteiger partial charge in [0.05, 0.1) is 36.0 Å². The minimum Gasteiger partial charge on any atom is -0.492 e. The number of halogens is 2. The molecule has 0 bridgehead atoms. The van der Waals surface area contributed by atoms with Crippen molar-refractivity contribution >= 4 is 44.6 Å². The lowest BCUT2D eigenvalue weighted by Gasteiger charge is -2.27. The number of hydrogen-bond donors (Lipinski definition) is 1. The Labute approximate surface area is 223 Å². The normalized spacial score (nSPS) is 11.5. The molecule has 0 heterocycles. The van der Waals surface area contributed by atoms with E-state index in [1.165, 1.54) is 16.4 Å². The summed E-state index contributed by atoms with van der Waals surface area (Å²) in [6.07, 6.45) is 0. The molecule has 10 heteroatoms. The first-order valence-corrected chi connectivity index (χ1v) is 13.7. The molecule has 0 spiro atoms. The smallest absolute Gasteiger partial charge is 0.264 e. The average Bonchev–Trinajstić information content (AvgIpc) is 2.85. The summed E-state index contributed by atoms with van der Waals surface area (Å²) in [6, 6.07) is 20.6. The Hall–Kier alpha value is -2.49. The summed E-state index contributed by atoms with van der Waals surface area (Å²) in [7, 11) is 0.0411. The van der Waals surface area contributed by atoms with E-state index in [2.05, 4.69) is 5.32 Å². The number of anilines is 2. The topological polar surface area (TPSA) is 71.1 Å². The van der Waals surface area contributed by atoms with Gasteiger partial charge in [-0.3, -0.25) is 4.31 Å². The van der Waals surface area contributed by atoms with Crippen LogP contribution in [0.2, 0.25) is 10.0 Å². The van der Waals surface area contributed by atoms with Crippen LogP contribution in [0.3, 0.4) is 0 Å². The second kappa shape index (κ2) is 13.7. The molecule has 3 aromatic carbocycles. The largest absolute Gasteiger partial charge is 0.492 e. The molecule has 0 aliphatic heterocycles. The van der Waals surface area contributed by atoms with Crippen molar-refractivity contribution in [2.24, 2.45) is 0 Å². The van der Waals surface area contributed by atoms with Crippen molar-refractivity contribution in [3.8, 4) is 5.75 Å². The molecule has 3 aromatic rings. The van der Waals surface area contributed by atoms with Crippen LogP contribution in [0, 0.1) is 0 Å². The lowest BCUT2D eigenvalue weighted by molar-refractivity contribution is 0.124. The van der Waals surface area contributed by atoms with Crippen molar-refractivity contribution in [3.63, 3.8) is 0 Å². The monoisotopic (exact) mass is 551 g/mol.